The van der Waals surface area contributed by atoms with Crippen LogP contribution in [0.1, 0.15) is 24.6 Å². The van der Waals surface area contributed by atoms with Gasteiger partial charge in [0.25, 0.3) is 0 Å². The van der Waals surface area contributed by atoms with E-state index in [9.17, 15) is 5.11 Å². The van der Waals surface area contributed by atoms with Crippen molar-refractivity contribution < 1.29 is 5.11 Å². The molecule has 0 saturated heterocycles. The lowest BCUT2D eigenvalue weighted by Crippen LogP contribution is -2.19. The van der Waals surface area contributed by atoms with E-state index < -0.39 is 0 Å². The molecule has 2 aromatic heterocycles. The van der Waals surface area contributed by atoms with Gasteiger partial charge in [0.2, 0.25) is 0 Å². The minimum absolute atomic E-state index is 0.125. The van der Waals surface area contributed by atoms with Crippen LogP contribution in [-0.2, 0) is 6.54 Å². The summed E-state index contributed by atoms with van der Waals surface area (Å²) in [6, 6.07) is 3.84. The normalized spacial score (nSPS) is 19.3. The molecule has 1 N–H and O–H groups in total. The minimum atomic E-state index is 0.125. The number of aliphatic hydroxyl groups is 1. The Balaban J connectivity index is 2.05. The largest absolute Gasteiger partial charge is 0.396 e. The molecular weight excluding hydrogens is 258 g/mol. The maximum atomic E-state index is 9.32. The van der Waals surface area contributed by atoms with E-state index >= 15 is 0 Å². The van der Waals surface area contributed by atoms with Gasteiger partial charge in [-0.15, -0.1) is 21.5 Å². The molecule has 6 heteroatoms. The summed E-state index contributed by atoms with van der Waals surface area (Å²) < 4.78 is 2.86. The highest BCUT2D eigenvalue weighted by atomic mass is 35.5. The number of aromatic nitrogens is 3. The Labute approximate surface area is 108 Å². The number of rotatable bonds is 2. The molecule has 2 aromatic rings. The Morgan fingerprint density at radius 2 is 2.35 bits per heavy atom. The number of fused-ring (bicyclic) bond motifs is 1. The van der Waals surface area contributed by atoms with Crippen molar-refractivity contribution in [3.05, 3.63) is 22.3 Å². The van der Waals surface area contributed by atoms with Gasteiger partial charge in [0.05, 0.1) is 15.8 Å². The molecule has 4 nitrogen and oxygen atoms in total. The lowest BCUT2D eigenvalue weighted by Gasteiger charge is -2.21. The van der Waals surface area contributed by atoms with Gasteiger partial charge in [-0.2, -0.15) is 0 Å². The summed E-state index contributed by atoms with van der Waals surface area (Å²) in [6.07, 6.45) is 2.04. The molecule has 1 aliphatic heterocycles. The quantitative estimate of drug-likeness (QED) is 0.911. The molecule has 0 saturated carbocycles. The van der Waals surface area contributed by atoms with Crippen LogP contribution in [0.25, 0.3) is 10.7 Å². The number of thiophene rings is 1. The molecule has 0 bridgehead atoms. The first-order chi connectivity index (χ1) is 8.29. The molecule has 3 rings (SSSR count). The van der Waals surface area contributed by atoms with Crippen molar-refractivity contribution in [2.45, 2.75) is 25.3 Å². The van der Waals surface area contributed by atoms with Gasteiger partial charge in [0.1, 0.15) is 5.82 Å². The topological polar surface area (TPSA) is 50.9 Å². The molecule has 0 fully saturated rings. The van der Waals surface area contributed by atoms with E-state index in [2.05, 4.69) is 14.8 Å². The van der Waals surface area contributed by atoms with Crippen LogP contribution in [0.15, 0.2) is 12.1 Å². The van der Waals surface area contributed by atoms with Crippen LogP contribution in [0.2, 0.25) is 4.34 Å². The van der Waals surface area contributed by atoms with E-state index in [1.165, 1.54) is 11.3 Å². The van der Waals surface area contributed by atoms with Gasteiger partial charge in [-0.05, 0) is 25.0 Å². The highest BCUT2D eigenvalue weighted by Gasteiger charge is 2.25. The van der Waals surface area contributed by atoms with Crippen LogP contribution in [0, 0.1) is 0 Å². The number of nitrogens with zero attached hydrogens (tertiary/aromatic N) is 3. The molecule has 1 unspecified atom stereocenters. The summed E-state index contributed by atoms with van der Waals surface area (Å²) in [7, 11) is 0. The zero-order valence-electron chi connectivity index (χ0n) is 9.14. The van der Waals surface area contributed by atoms with Gasteiger partial charge in [-0.1, -0.05) is 11.6 Å². The lowest BCUT2D eigenvalue weighted by molar-refractivity contribution is 0.238. The predicted octanol–water partition coefficient (Wildman–Crippen LogP) is 2.53. The molecule has 3 heterocycles. The highest BCUT2D eigenvalue weighted by Crippen LogP contribution is 2.34. The average molecular weight is 270 g/mol. The van der Waals surface area contributed by atoms with Crippen molar-refractivity contribution in [2.75, 3.05) is 6.61 Å². The second-order valence-corrected chi connectivity index (χ2v) is 5.87. The van der Waals surface area contributed by atoms with Gasteiger partial charge in [-0.3, -0.25) is 0 Å². The highest BCUT2D eigenvalue weighted by molar-refractivity contribution is 7.19. The zero-order chi connectivity index (χ0) is 11.8. The Bertz CT molecular complexity index is 537. The van der Waals surface area contributed by atoms with E-state index in [-0.39, 0.29) is 12.5 Å². The molecule has 0 spiro atoms. The van der Waals surface area contributed by atoms with Crippen LogP contribution < -0.4 is 0 Å². The Kier molecular flexibility index (Phi) is 2.90. The van der Waals surface area contributed by atoms with Gasteiger partial charge >= 0.3 is 0 Å². The molecule has 90 valence electrons. The van der Waals surface area contributed by atoms with Gasteiger partial charge < -0.3 is 9.67 Å². The fourth-order valence-electron chi connectivity index (χ4n) is 2.25. The van der Waals surface area contributed by atoms with Crippen LogP contribution in [-0.4, -0.2) is 26.5 Å². The van der Waals surface area contributed by atoms with E-state index in [0.717, 1.165) is 40.2 Å². The van der Waals surface area contributed by atoms with Gasteiger partial charge in [0.15, 0.2) is 5.82 Å². The monoisotopic (exact) mass is 269 g/mol. The molecule has 0 amide bonds. The van der Waals surface area contributed by atoms with E-state index in [1.807, 2.05) is 12.1 Å². The minimum Gasteiger partial charge on any atom is -0.396 e. The summed E-state index contributed by atoms with van der Waals surface area (Å²) in [5, 5.41) is 17.8. The predicted molar refractivity (Wildman–Crippen MR) is 67.4 cm³/mol. The summed E-state index contributed by atoms with van der Waals surface area (Å²) in [5.74, 6) is 1.90. The van der Waals surface area contributed by atoms with Crippen molar-refractivity contribution in [1.29, 1.82) is 0 Å². The van der Waals surface area contributed by atoms with Crippen molar-refractivity contribution >= 4 is 22.9 Å². The molecular formula is C11H12ClN3OS. The smallest absolute Gasteiger partial charge is 0.174 e. The average Bonchev–Trinajstić information content (AvgIpc) is 2.94. The van der Waals surface area contributed by atoms with Crippen LogP contribution >= 0.6 is 22.9 Å². The number of hydrogen-bond donors (Lipinski definition) is 1. The maximum absolute atomic E-state index is 9.32. The molecule has 1 aliphatic rings. The first-order valence-electron chi connectivity index (χ1n) is 5.59. The fourth-order valence-corrected chi connectivity index (χ4v) is 3.29. The number of hydrogen-bond acceptors (Lipinski definition) is 4. The summed E-state index contributed by atoms with van der Waals surface area (Å²) >= 11 is 7.44. The third kappa shape index (κ3) is 1.88. The number of aliphatic hydroxyl groups excluding tert-OH is 1. The molecule has 0 aliphatic carbocycles. The summed E-state index contributed by atoms with van der Waals surface area (Å²) in [4.78, 5) is 1.03. The molecule has 17 heavy (non-hydrogen) atoms. The molecule has 0 radical (unpaired) electrons. The van der Waals surface area contributed by atoms with Gasteiger partial charge in [0, 0.05) is 12.5 Å². The fraction of sp³-hybridized carbons (Fsp3) is 0.455. The second kappa shape index (κ2) is 4.40. The van der Waals surface area contributed by atoms with Crippen LogP contribution in [0.5, 0.6) is 0 Å². The first kappa shape index (κ1) is 11.2. The zero-order valence-corrected chi connectivity index (χ0v) is 10.7. The van der Waals surface area contributed by atoms with Crippen molar-refractivity contribution in [1.82, 2.24) is 14.8 Å². The van der Waals surface area contributed by atoms with E-state index in [1.54, 1.807) is 0 Å². The lowest BCUT2D eigenvalue weighted by atomic mass is 10.00. The van der Waals surface area contributed by atoms with E-state index in [4.69, 9.17) is 11.6 Å². The second-order valence-electron chi connectivity index (χ2n) is 4.16. The van der Waals surface area contributed by atoms with Crippen molar-refractivity contribution in [3.63, 3.8) is 0 Å². The third-order valence-corrected chi connectivity index (χ3v) is 4.32. The van der Waals surface area contributed by atoms with Crippen molar-refractivity contribution in [3.8, 4) is 10.7 Å². The SMILES string of the molecule is OCC1CCCn2c(-c3ccc(Cl)s3)nnc21. The summed E-state index contributed by atoms with van der Waals surface area (Å²) in [6.45, 7) is 1.06. The third-order valence-electron chi connectivity index (χ3n) is 3.09. The van der Waals surface area contributed by atoms with Gasteiger partial charge in [-0.25, -0.2) is 0 Å². The van der Waals surface area contributed by atoms with E-state index in [0.29, 0.717) is 0 Å². The van der Waals surface area contributed by atoms with Crippen LogP contribution in [0.3, 0.4) is 0 Å². The Morgan fingerprint density at radius 3 is 3.06 bits per heavy atom. The first-order valence-corrected chi connectivity index (χ1v) is 6.78. The molecule has 1 atom stereocenters. The van der Waals surface area contributed by atoms with Crippen LogP contribution in [0.4, 0.5) is 0 Å². The Morgan fingerprint density at radius 1 is 1.47 bits per heavy atom. The molecule has 0 aromatic carbocycles. The van der Waals surface area contributed by atoms with Crippen molar-refractivity contribution in [2.24, 2.45) is 0 Å². The summed E-state index contributed by atoms with van der Waals surface area (Å²) in [5.41, 5.74) is 0. The maximum Gasteiger partial charge on any atom is 0.174 e. The number of halogens is 1. The standard InChI is InChI=1S/C11H12ClN3OS/c12-9-4-3-8(17-9)11-14-13-10-7(6-16)2-1-5-15(10)11/h3-4,7,16H,1-2,5-6H2. The Hall–Kier alpha value is -0.910.